The summed E-state index contributed by atoms with van der Waals surface area (Å²) in [6, 6.07) is 12.1. The molecule has 0 bridgehead atoms. The van der Waals surface area contributed by atoms with Crippen molar-refractivity contribution in [3.63, 3.8) is 0 Å². The Bertz CT molecular complexity index is 1040. The molecule has 0 aliphatic carbocycles. The summed E-state index contributed by atoms with van der Waals surface area (Å²) < 4.78 is 5.09. The van der Waals surface area contributed by atoms with Crippen LogP contribution in [0.25, 0.3) is 12.2 Å². The number of aromatic hydroxyl groups is 5. The molecule has 6 nitrogen and oxygen atoms in total. The van der Waals surface area contributed by atoms with Crippen LogP contribution in [0.4, 0.5) is 0 Å². The molecule has 0 heterocycles. The largest absolute Gasteiger partial charge is 0.508 e. The van der Waals surface area contributed by atoms with E-state index in [0.717, 1.165) is 5.56 Å². The summed E-state index contributed by atoms with van der Waals surface area (Å²) in [5.74, 6) is -0.277. The van der Waals surface area contributed by atoms with Gasteiger partial charge in [0, 0.05) is 18.1 Å². The molecule has 5 N–H and O–H groups in total. The lowest BCUT2D eigenvalue weighted by molar-refractivity contribution is 0.373. The highest BCUT2D eigenvalue weighted by Crippen LogP contribution is 2.33. The van der Waals surface area contributed by atoms with Gasteiger partial charge in [-0.2, -0.15) is 0 Å². The quantitative estimate of drug-likeness (QED) is 0.338. The highest BCUT2D eigenvalue weighted by molar-refractivity contribution is 5.74. The van der Waals surface area contributed by atoms with Gasteiger partial charge in [-0.05, 0) is 47.0 Å². The van der Waals surface area contributed by atoms with Gasteiger partial charge in [0.05, 0.1) is 7.11 Å². The number of hydrogen-bond acceptors (Lipinski definition) is 6. The number of hydrogen-bond donors (Lipinski definition) is 5. The third-order valence-corrected chi connectivity index (χ3v) is 4.33. The number of ether oxygens (including phenoxy) is 1. The van der Waals surface area contributed by atoms with E-state index in [9.17, 15) is 25.5 Å². The summed E-state index contributed by atoms with van der Waals surface area (Å²) in [6.07, 6.45) is 3.76. The molecule has 144 valence electrons. The Labute approximate surface area is 161 Å². The molecule has 0 aliphatic rings. The molecule has 6 heteroatoms. The Morgan fingerprint density at radius 1 is 0.750 bits per heavy atom. The fraction of sp³-hybridized carbons (Fsp3) is 0.0909. The lowest BCUT2D eigenvalue weighted by Gasteiger charge is -2.11. The van der Waals surface area contributed by atoms with E-state index in [1.165, 1.54) is 37.4 Å². The van der Waals surface area contributed by atoms with Crippen LogP contribution in [0.5, 0.6) is 34.5 Å². The Morgan fingerprint density at radius 2 is 1.50 bits per heavy atom. The van der Waals surface area contributed by atoms with Crippen molar-refractivity contribution in [3.05, 3.63) is 70.8 Å². The van der Waals surface area contributed by atoms with Gasteiger partial charge in [0.1, 0.15) is 11.5 Å². The predicted molar refractivity (Wildman–Crippen MR) is 106 cm³/mol. The van der Waals surface area contributed by atoms with E-state index in [-0.39, 0.29) is 35.2 Å². The second-order valence-corrected chi connectivity index (χ2v) is 6.30. The lowest BCUT2D eigenvalue weighted by atomic mass is 9.97. The molecule has 0 spiro atoms. The van der Waals surface area contributed by atoms with E-state index in [4.69, 9.17) is 4.74 Å². The van der Waals surface area contributed by atoms with Gasteiger partial charge in [-0.15, -0.1) is 0 Å². The zero-order valence-electron chi connectivity index (χ0n) is 15.1. The van der Waals surface area contributed by atoms with Gasteiger partial charge in [-0.1, -0.05) is 24.3 Å². The van der Waals surface area contributed by atoms with Crippen LogP contribution in [0, 0.1) is 0 Å². The SMILES string of the molecule is COc1cc(C=Cc2cc(O)cc(O)c2Cc2ccc(O)c(O)c2)ccc1O. The van der Waals surface area contributed by atoms with Crippen LogP contribution in [-0.4, -0.2) is 32.6 Å². The molecule has 3 aromatic rings. The van der Waals surface area contributed by atoms with E-state index >= 15 is 0 Å². The molecule has 3 aromatic carbocycles. The third kappa shape index (κ3) is 4.12. The van der Waals surface area contributed by atoms with Crippen LogP contribution in [-0.2, 0) is 6.42 Å². The minimum atomic E-state index is -0.246. The summed E-state index contributed by atoms with van der Waals surface area (Å²) in [6.45, 7) is 0. The molecule has 0 atom stereocenters. The Kier molecular flexibility index (Phi) is 5.31. The smallest absolute Gasteiger partial charge is 0.161 e. The average molecular weight is 380 g/mol. The molecule has 0 fully saturated rings. The molecule has 0 unspecified atom stereocenters. The summed E-state index contributed by atoms with van der Waals surface area (Å²) >= 11 is 0. The summed E-state index contributed by atoms with van der Waals surface area (Å²) in [5.41, 5.74) is 2.56. The highest BCUT2D eigenvalue weighted by Gasteiger charge is 2.11. The fourth-order valence-electron chi connectivity index (χ4n) is 2.87. The molecule has 0 saturated carbocycles. The minimum Gasteiger partial charge on any atom is -0.508 e. The van der Waals surface area contributed by atoms with E-state index in [2.05, 4.69) is 0 Å². The molecular weight excluding hydrogens is 360 g/mol. The van der Waals surface area contributed by atoms with Crippen molar-refractivity contribution in [3.8, 4) is 34.5 Å². The van der Waals surface area contributed by atoms with Gasteiger partial charge in [-0.3, -0.25) is 0 Å². The van der Waals surface area contributed by atoms with Gasteiger partial charge in [0.2, 0.25) is 0 Å². The fourth-order valence-corrected chi connectivity index (χ4v) is 2.87. The molecule has 0 amide bonds. The van der Waals surface area contributed by atoms with Gasteiger partial charge < -0.3 is 30.3 Å². The molecule has 3 rings (SSSR count). The average Bonchev–Trinajstić information content (AvgIpc) is 2.66. The van der Waals surface area contributed by atoms with Crippen LogP contribution in [0.15, 0.2) is 48.5 Å². The first kappa shape index (κ1) is 19.0. The number of benzene rings is 3. The maximum atomic E-state index is 10.3. The summed E-state index contributed by atoms with van der Waals surface area (Å²) in [7, 11) is 1.46. The van der Waals surface area contributed by atoms with E-state index in [0.29, 0.717) is 22.4 Å². The topological polar surface area (TPSA) is 110 Å². The van der Waals surface area contributed by atoms with Gasteiger partial charge in [-0.25, -0.2) is 0 Å². The molecule has 0 saturated heterocycles. The van der Waals surface area contributed by atoms with Gasteiger partial charge in [0.25, 0.3) is 0 Å². The third-order valence-electron chi connectivity index (χ3n) is 4.33. The first-order valence-electron chi connectivity index (χ1n) is 8.48. The monoisotopic (exact) mass is 380 g/mol. The summed E-state index contributed by atoms with van der Waals surface area (Å²) in [4.78, 5) is 0. The van der Waals surface area contributed by atoms with Crippen LogP contribution in [0.1, 0.15) is 22.3 Å². The lowest BCUT2D eigenvalue weighted by Crippen LogP contribution is -1.93. The maximum Gasteiger partial charge on any atom is 0.161 e. The normalized spacial score (nSPS) is 11.0. The van der Waals surface area contributed by atoms with E-state index in [1.54, 1.807) is 30.4 Å². The first-order valence-corrected chi connectivity index (χ1v) is 8.48. The first-order chi connectivity index (χ1) is 13.4. The van der Waals surface area contributed by atoms with Crippen molar-refractivity contribution >= 4 is 12.2 Å². The molecule has 0 radical (unpaired) electrons. The highest BCUT2D eigenvalue weighted by atomic mass is 16.5. The molecule has 28 heavy (non-hydrogen) atoms. The van der Waals surface area contributed by atoms with Crippen molar-refractivity contribution in [2.75, 3.05) is 7.11 Å². The van der Waals surface area contributed by atoms with E-state index < -0.39 is 0 Å². The zero-order chi connectivity index (χ0) is 20.3. The molecule has 0 aliphatic heterocycles. The maximum absolute atomic E-state index is 10.3. The van der Waals surface area contributed by atoms with Gasteiger partial charge >= 0.3 is 0 Å². The Morgan fingerprint density at radius 3 is 2.21 bits per heavy atom. The second-order valence-electron chi connectivity index (χ2n) is 6.30. The summed E-state index contributed by atoms with van der Waals surface area (Å²) in [5, 5.41) is 49.0. The van der Waals surface area contributed by atoms with Crippen LogP contribution < -0.4 is 4.74 Å². The van der Waals surface area contributed by atoms with E-state index in [1.807, 2.05) is 0 Å². The number of phenolic OH excluding ortho intramolecular Hbond substituents is 5. The number of phenols is 5. The zero-order valence-corrected chi connectivity index (χ0v) is 15.1. The standard InChI is InChI=1S/C22H20O6/c1-28-22-10-13(3-7-19(22)25)2-5-15-11-16(23)12-20(26)17(15)8-14-4-6-18(24)21(27)9-14/h2-7,9-12,23-27H,8H2,1H3. The Hall–Kier alpha value is -3.80. The Balaban J connectivity index is 1.97. The van der Waals surface area contributed by atoms with Crippen LogP contribution >= 0.6 is 0 Å². The van der Waals surface area contributed by atoms with Crippen LogP contribution in [0.3, 0.4) is 0 Å². The molecule has 0 aromatic heterocycles. The van der Waals surface area contributed by atoms with Crippen molar-refractivity contribution in [2.24, 2.45) is 0 Å². The second kappa shape index (κ2) is 7.84. The molecular formula is C22H20O6. The van der Waals surface area contributed by atoms with Crippen molar-refractivity contribution in [1.29, 1.82) is 0 Å². The predicted octanol–water partition coefficient (Wildman–Crippen LogP) is 3.98. The van der Waals surface area contributed by atoms with Crippen LogP contribution in [0.2, 0.25) is 0 Å². The van der Waals surface area contributed by atoms with Crippen molar-refractivity contribution < 1.29 is 30.3 Å². The van der Waals surface area contributed by atoms with Gasteiger partial charge in [0.15, 0.2) is 23.0 Å². The minimum absolute atomic E-state index is 0.0301. The van der Waals surface area contributed by atoms with Crippen molar-refractivity contribution in [1.82, 2.24) is 0 Å². The number of rotatable bonds is 5. The van der Waals surface area contributed by atoms with Crippen molar-refractivity contribution in [2.45, 2.75) is 6.42 Å². The number of methoxy groups -OCH3 is 1.